The first-order valence-corrected chi connectivity index (χ1v) is 8.36. The monoisotopic (exact) mass is 397 g/mol. The summed E-state index contributed by atoms with van der Waals surface area (Å²) < 4.78 is 54.8. The first-order chi connectivity index (χ1) is 13.0. The Morgan fingerprint density at radius 3 is 2.25 bits per heavy atom. The van der Waals surface area contributed by atoms with E-state index in [1.807, 2.05) is 0 Å². The minimum Gasteiger partial charge on any atom is -0.360 e. The van der Waals surface area contributed by atoms with Crippen LogP contribution < -0.4 is 4.90 Å². The molecule has 10 heteroatoms. The van der Waals surface area contributed by atoms with Gasteiger partial charge in [-0.05, 0) is 18.6 Å². The highest BCUT2D eigenvalue weighted by molar-refractivity contribution is 6.25. The molecule has 0 radical (unpaired) electrons. The van der Waals surface area contributed by atoms with Crippen molar-refractivity contribution in [1.82, 2.24) is 9.97 Å². The summed E-state index contributed by atoms with van der Waals surface area (Å²) in [5.74, 6) is -5.53. The van der Waals surface area contributed by atoms with E-state index in [1.54, 1.807) is 0 Å². The van der Waals surface area contributed by atoms with Crippen molar-refractivity contribution < 1.29 is 31.9 Å². The largest absolute Gasteiger partial charge is 0.434 e. The number of aromatic nitrogens is 2. The van der Waals surface area contributed by atoms with Crippen LogP contribution in [-0.2, 0) is 15.8 Å². The van der Waals surface area contributed by atoms with Gasteiger partial charge in [0.1, 0.15) is 5.92 Å². The molecule has 1 aliphatic rings. The van der Waals surface area contributed by atoms with Gasteiger partial charge in [-0.1, -0.05) is 0 Å². The first-order valence-electron chi connectivity index (χ1n) is 8.36. The van der Waals surface area contributed by atoms with E-state index in [2.05, 4.69) is 9.97 Å². The molecule has 2 aromatic rings. The molecule has 0 aliphatic heterocycles. The quantitative estimate of drug-likeness (QED) is 0.450. The third kappa shape index (κ3) is 3.46. The van der Waals surface area contributed by atoms with Crippen molar-refractivity contribution in [2.75, 3.05) is 19.0 Å². The number of hydrogen-bond donors (Lipinski definition) is 0. The number of halogens is 4. The van der Waals surface area contributed by atoms with Gasteiger partial charge in [-0.2, -0.15) is 13.2 Å². The van der Waals surface area contributed by atoms with Crippen LogP contribution in [0.25, 0.3) is 11.0 Å². The number of carbonyl (C=O) groups is 3. The van der Waals surface area contributed by atoms with Gasteiger partial charge in [0.25, 0.3) is 0 Å². The van der Waals surface area contributed by atoms with Crippen molar-refractivity contribution in [2.24, 2.45) is 5.92 Å². The van der Waals surface area contributed by atoms with Crippen molar-refractivity contribution in [2.45, 2.75) is 25.4 Å². The molecular formula is C18H15F4N3O3. The lowest BCUT2D eigenvalue weighted by molar-refractivity contribution is -0.142. The van der Waals surface area contributed by atoms with Crippen molar-refractivity contribution in [3.8, 4) is 0 Å². The lowest BCUT2D eigenvalue weighted by Gasteiger charge is -2.20. The Kier molecular flexibility index (Phi) is 4.90. The van der Waals surface area contributed by atoms with Crippen molar-refractivity contribution in [3.63, 3.8) is 0 Å². The van der Waals surface area contributed by atoms with E-state index in [-0.39, 0.29) is 30.5 Å². The Labute approximate surface area is 156 Å². The number of pyridine rings is 2. The molecule has 0 aromatic carbocycles. The molecule has 0 unspecified atom stereocenters. The minimum absolute atomic E-state index is 0.0626. The van der Waals surface area contributed by atoms with Crippen molar-refractivity contribution in [1.29, 1.82) is 0 Å². The van der Waals surface area contributed by atoms with Crippen LogP contribution in [0.2, 0.25) is 0 Å². The standard InChI is InChI=1S/C18H15F4N3O3/c1-25(2)17-10(19)7-8-6-9(15(18(20,21)22)23-16(8)24-17)14(28)13-11(26)4-3-5-12(13)27/h6-7,13H,3-5H2,1-2H3. The molecule has 1 saturated carbocycles. The Morgan fingerprint density at radius 1 is 1.11 bits per heavy atom. The van der Waals surface area contributed by atoms with Crippen LogP contribution in [0.4, 0.5) is 23.4 Å². The van der Waals surface area contributed by atoms with Crippen LogP contribution >= 0.6 is 0 Å². The average molecular weight is 397 g/mol. The van der Waals surface area contributed by atoms with E-state index in [0.29, 0.717) is 0 Å². The highest BCUT2D eigenvalue weighted by atomic mass is 19.4. The van der Waals surface area contributed by atoms with Gasteiger partial charge in [0.05, 0.1) is 5.56 Å². The van der Waals surface area contributed by atoms with Gasteiger partial charge in [0.2, 0.25) is 0 Å². The minimum atomic E-state index is -5.03. The van der Waals surface area contributed by atoms with E-state index in [0.717, 1.165) is 12.1 Å². The third-order valence-corrected chi connectivity index (χ3v) is 4.45. The Balaban J connectivity index is 2.23. The number of hydrogen-bond acceptors (Lipinski definition) is 6. The van der Waals surface area contributed by atoms with Crippen molar-refractivity contribution in [3.05, 3.63) is 29.2 Å². The summed E-state index contributed by atoms with van der Waals surface area (Å²) in [7, 11) is 2.92. The van der Waals surface area contributed by atoms with Crippen LogP contribution in [0.15, 0.2) is 12.1 Å². The maximum absolute atomic E-state index is 14.2. The molecule has 0 N–H and O–H groups in total. The number of ketones is 3. The fourth-order valence-electron chi connectivity index (χ4n) is 3.14. The molecule has 28 heavy (non-hydrogen) atoms. The second kappa shape index (κ2) is 6.92. The maximum atomic E-state index is 14.2. The van der Waals surface area contributed by atoms with Gasteiger partial charge < -0.3 is 4.90 Å². The van der Waals surface area contributed by atoms with Crippen LogP contribution in [-0.4, -0.2) is 41.4 Å². The highest BCUT2D eigenvalue weighted by Gasteiger charge is 2.43. The molecule has 3 rings (SSSR count). The summed E-state index contributed by atoms with van der Waals surface area (Å²) in [6.07, 6.45) is -4.90. The van der Waals surface area contributed by atoms with Gasteiger partial charge in [-0.15, -0.1) is 0 Å². The van der Waals surface area contributed by atoms with Crippen LogP contribution in [0.5, 0.6) is 0 Å². The molecule has 148 valence electrons. The first kappa shape index (κ1) is 19.8. The fraction of sp³-hybridized carbons (Fsp3) is 0.389. The summed E-state index contributed by atoms with van der Waals surface area (Å²) >= 11 is 0. The highest BCUT2D eigenvalue weighted by Crippen LogP contribution is 2.35. The molecule has 1 fully saturated rings. The predicted octanol–water partition coefficient (Wildman–Crippen LogP) is 2.97. The van der Waals surface area contributed by atoms with Gasteiger partial charge >= 0.3 is 6.18 Å². The second-order valence-corrected chi connectivity index (χ2v) is 6.70. The van der Waals surface area contributed by atoms with E-state index in [1.165, 1.54) is 19.0 Å². The summed E-state index contributed by atoms with van der Waals surface area (Å²) in [5.41, 5.74) is -2.90. The van der Waals surface area contributed by atoms with Crippen molar-refractivity contribution >= 4 is 34.2 Å². The van der Waals surface area contributed by atoms with Gasteiger partial charge in [0, 0.05) is 32.3 Å². The SMILES string of the molecule is CN(C)c1nc2nc(C(F)(F)F)c(C(=O)C3C(=O)CCCC3=O)cc2cc1F. The zero-order valence-corrected chi connectivity index (χ0v) is 14.9. The molecular weight excluding hydrogens is 382 g/mol. The molecule has 0 amide bonds. The van der Waals surface area contributed by atoms with Crippen LogP contribution in [0, 0.1) is 11.7 Å². The number of anilines is 1. The average Bonchev–Trinajstić information content (AvgIpc) is 2.58. The Hall–Kier alpha value is -2.91. The fourth-order valence-corrected chi connectivity index (χ4v) is 3.14. The summed E-state index contributed by atoms with van der Waals surface area (Å²) in [6.45, 7) is 0. The summed E-state index contributed by atoms with van der Waals surface area (Å²) in [4.78, 5) is 45.2. The number of alkyl halides is 3. The van der Waals surface area contributed by atoms with Crippen LogP contribution in [0.3, 0.4) is 0 Å². The maximum Gasteiger partial charge on any atom is 0.434 e. The van der Waals surface area contributed by atoms with E-state index in [9.17, 15) is 31.9 Å². The summed E-state index contributed by atoms with van der Waals surface area (Å²) in [5, 5.41) is -0.143. The Bertz CT molecular complexity index is 986. The second-order valence-electron chi connectivity index (χ2n) is 6.70. The molecule has 2 heterocycles. The number of rotatable bonds is 3. The third-order valence-electron chi connectivity index (χ3n) is 4.45. The molecule has 0 spiro atoms. The molecule has 0 bridgehead atoms. The number of carbonyl (C=O) groups excluding carboxylic acids is 3. The number of Topliss-reactive ketones (excluding diaryl/α,β-unsaturated/α-hetero) is 3. The lowest BCUT2D eigenvalue weighted by Crippen LogP contribution is -2.36. The molecule has 1 aliphatic carbocycles. The molecule has 2 aromatic heterocycles. The lowest BCUT2D eigenvalue weighted by atomic mass is 9.81. The topological polar surface area (TPSA) is 80.2 Å². The van der Waals surface area contributed by atoms with E-state index < -0.39 is 52.2 Å². The smallest absolute Gasteiger partial charge is 0.360 e. The zero-order valence-electron chi connectivity index (χ0n) is 14.9. The van der Waals surface area contributed by atoms with Gasteiger partial charge in [-0.25, -0.2) is 14.4 Å². The van der Waals surface area contributed by atoms with E-state index in [4.69, 9.17) is 0 Å². The summed E-state index contributed by atoms with van der Waals surface area (Å²) in [6, 6.07) is 1.70. The normalized spacial score (nSPS) is 15.9. The van der Waals surface area contributed by atoms with E-state index >= 15 is 0 Å². The number of fused-ring (bicyclic) bond motifs is 1. The number of nitrogens with zero attached hydrogens (tertiary/aromatic N) is 3. The molecule has 0 atom stereocenters. The Morgan fingerprint density at radius 2 is 1.71 bits per heavy atom. The predicted molar refractivity (Wildman–Crippen MR) is 90.5 cm³/mol. The zero-order chi connectivity index (χ0) is 20.8. The molecule has 6 nitrogen and oxygen atoms in total. The van der Waals surface area contributed by atoms with Crippen LogP contribution in [0.1, 0.15) is 35.3 Å². The molecule has 0 saturated heterocycles. The van der Waals surface area contributed by atoms with Gasteiger partial charge in [0.15, 0.2) is 40.3 Å². The van der Waals surface area contributed by atoms with Gasteiger partial charge in [-0.3, -0.25) is 14.4 Å².